The van der Waals surface area contributed by atoms with Gasteiger partial charge >= 0.3 is 5.97 Å². The topological polar surface area (TPSA) is 75.6 Å². The van der Waals surface area contributed by atoms with Crippen LogP contribution in [0.2, 0.25) is 0 Å². The Balaban J connectivity index is 2.32. The van der Waals surface area contributed by atoms with Gasteiger partial charge in [0.1, 0.15) is 12.4 Å². The minimum absolute atomic E-state index is 0.0468. The molecule has 0 aromatic heterocycles. The van der Waals surface area contributed by atoms with Crippen LogP contribution in [0.3, 0.4) is 0 Å². The first-order valence-corrected chi connectivity index (χ1v) is 7.20. The molecule has 0 radical (unpaired) electrons. The monoisotopic (exact) mass is 295 g/mol. The number of rotatable bonds is 9. The van der Waals surface area contributed by atoms with Crippen molar-refractivity contribution in [1.29, 1.82) is 0 Å². The van der Waals surface area contributed by atoms with Crippen LogP contribution in [-0.2, 0) is 4.79 Å². The summed E-state index contributed by atoms with van der Waals surface area (Å²) in [5, 5.41) is 11.2. The molecule has 0 fully saturated rings. The van der Waals surface area contributed by atoms with Gasteiger partial charge in [-0.2, -0.15) is 0 Å². The van der Waals surface area contributed by atoms with E-state index in [0.717, 1.165) is 0 Å². The smallest absolute Gasteiger partial charge is 0.313 e. The number of carbonyl (C=O) groups is 2. The van der Waals surface area contributed by atoms with Crippen molar-refractivity contribution >= 4 is 23.6 Å². The number of hydrogen-bond acceptors (Lipinski definition) is 4. The second-order valence-electron chi connectivity index (χ2n) is 3.83. The van der Waals surface area contributed by atoms with Crippen molar-refractivity contribution in [3.05, 3.63) is 42.5 Å². The van der Waals surface area contributed by atoms with Crippen LogP contribution in [0.15, 0.2) is 36.9 Å². The number of carbonyl (C=O) groups excluding carboxylic acids is 1. The first kappa shape index (κ1) is 16.1. The zero-order chi connectivity index (χ0) is 14.8. The fraction of sp³-hybridized carbons (Fsp3) is 0.286. The quantitative estimate of drug-likeness (QED) is 0.536. The van der Waals surface area contributed by atoms with Gasteiger partial charge in [0.05, 0.1) is 5.75 Å². The van der Waals surface area contributed by atoms with Gasteiger partial charge < -0.3 is 15.2 Å². The summed E-state index contributed by atoms with van der Waals surface area (Å²) < 4.78 is 5.32. The van der Waals surface area contributed by atoms with Gasteiger partial charge in [-0.25, -0.2) is 0 Å². The molecule has 0 unspecified atom stereocenters. The molecule has 0 bridgehead atoms. The molecule has 6 heteroatoms. The summed E-state index contributed by atoms with van der Waals surface area (Å²) in [6, 6.07) is 6.80. The fourth-order valence-corrected chi connectivity index (χ4v) is 1.92. The summed E-state index contributed by atoms with van der Waals surface area (Å²) >= 11 is 1.27. The van der Waals surface area contributed by atoms with E-state index in [-0.39, 0.29) is 11.7 Å². The highest BCUT2D eigenvalue weighted by Gasteiger charge is 2.05. The molecule has 1 rings (SSSR count). The highest BCUT2D eigenvalue weighted by molar-refractivity contribution is 7.99. The molecule has 0 atom stereocenters. The van der Waals surface area contributed by atoms with Crippen LogP contribution < -0.4 is 10.1 Å². The number of hydrogen-bond donors (Lipinski definition) is 2. The summed E-state index contributed by atoms with van der Waals surface area (Å²) in [6.45, 7) is 4.41. The minimum atomic E-state index is -0.851. The van der Waals surface area contributed by atoms with Crippen LogP contribution in [0.1, 0.15) is 10.4 Å². The van der Waals surface area contributed by atoms with E-state index in [0.29, 0.717) is 30.2 Å². The lowest BCUT2D eigenvalue weighted by molar-refractivity contribution is -0.133. The molecular formula is C14H17NO4S. The van der Waals surface area contributed by atoms with Gasteiger partial charge in [0.2, 0.25) is 0 Å². The van der Waals surface area contributed by atoms with Gasteiger partial charge in [0.25, 0.3) is 5.91 Å². The Morgan fingerprint density at radius 1 is 1.35 bits per heavy atom. The van der Waals surface area contributed by atoms with Crippen LogP contribution in [0.4, 0.5) is 0 Å². The Morgan fingerprint density at radius 2 is 2.05 bits per heavy atom. The molecule has 2 N–H and O–H groups in total. The largest absolute Gasteiger partial charge is 0.490 e. The summed E-state index contributed by atoms with van der Waals surface area (Å²) in [6.07, 6.45) is 1.65. The molecule has 20 heavy (non-hydrogen) atoms. The number of carboxylic acids is 1. The Hall–Kier alpha value is -1.95. The summed E-state index contributed by atoms with van der Waals surface area (Å²) in [7, 11) is 0. The maximum absolute atomic E-state index is 11.8. The molecule has 0 saturated heterocycles. The summed E-state index contributed by atoms with van der Waals surface area (Å²) in [5.41, 5.74) is 0.541. The Bertz CT molecular complexity index is 459. The molecule has 0 heterocycles. The van der Waals surface area contributed by atoms with Crippen LogP contribution in [-0.4, -0.2) is 41.6 Å². The van der Waals surface area contributed by atoms with Crippen molar-refractivity contribution in [2.24, 2.45) is 0 Å². The molecule has 1 amide bonds. The molecule has 108 valence electrons. The van der Waals surface area contributed by atoms with E-state index < -0.39 is 5.97 Å². The van der Waals surface area contributed by atoms with Crippen molar-refractivity contribution in [3.63, 3.8) is 0 Å². The highest BCUT2D eigenvalue weighted by Crippen LogP contribution is 2.12. The fourth-order valence-electron chi connectivity index (χ4n) is 1.36. The lowest BCUT2D eigenvalue weighted by Crippen LogP contribution is -2.25. The van der Waals surface area contributed by atoms with E-state index in [9.17, 15) is 9.59 Å². The molecule has 1 aromatic carbocycles. The molecular weight excluding hydrogens is 278 g/mol. The number of thioether (sulfide) groups is 1. The van der Waals surface area contributed by atoms with Gasteiger partial charge in [-0.15, -0.1) is 11.8 Å². The van der Waals surface area contributed by atoms with Crippen LogP contribution in [0.25, 0.3) is 0 Å². The second-order valence-corrected chi connectivity index (χ2v) is 4.93. The average Bonchev–Trinajstić information content (AvgIpc) is 2.44. The van der Waals surface area contributed by atoms with Crippen LogP contribution in [0, 0.1) is 0 Å². The average molecular weight is 295 g/mol. The third-order valence-electron chi connectivity index (χ3n) is 2.24. The summed E-state index contributed by atoms with van der Waals surface area (Å²) in [5.74, 6) is 0.259. The number of carboxylic acid groups (broad SMARTS) is 1. The Kier molecular flexibility index (Phi) is 7.27. The molecule has 0 spiro atoms. The third-order valence-corrected chi connectivity index (χ3v) is 3.19. The number of nitrogens with one attached hydrogen (secondary N) is 1. The first-order valence-electron chi connectivity index (χ1n) is 6.05. The lowest BCUT2D eigenvalue weighted by atomic mass is 10.2. The number of ether oxygens (including phenoxy) is 1. The maximum Gasteiger partial charge on any atom is 0.313 e. The van der Waals surface area contributed by atoms with Gasteiger partial charge in [0, 0.05) is 17.9 Å². The first-order chi connectivity index (χ1) is 9.63. The van der Waals surface area contributed by atoms with E-state index >= 15 is 0 Å². The Labute approximate surface area is 122 Å². The minimum Gasteiger partial charge on any atom is -0.490 e. The molecule has 5 nitrogen and oxygen atoms in total. The zero-order valence-corrected chi connectivity index (χ0v) is 11.8. The van der Waals surface area contributed by atoms with E-state index in [2.05, 4.69) is 11.9 Å². The van der Waals surface area contributed by atoms with Gasteiger partial charge in [-0.05, 0) is 24.3 Å². The predicted molar refractivity (Wildman–Crippen MR) is 79.4 cm³/mol. The van der Waals surface area contributed by atoms with Crippen molar-refractivity contribution < 1.29 is 19.4 Å². The number of benzene rings is 1. The van der Waals surface area contributed by atoms with Crippen molar-refractivity contribution in [2.45, 2.75) is 0 Å². The van der Waals surface area contributed by atoms with Crippen molar-refractivity contribution in [3.8, 4) is 5.75 Å². The molecule has 0 aliphatic carbocycles. The normalized spacial score (nSPS) is 9.80. The van der Waals surface area contributed by atoms with Gasteiger partial charge in [-0.3, -0.25) is 9.59 Å². The van der Waals surface area contributed by atoms with Crippen molar-refractivity contribution in [1.82, 2.24) is 5.32 Å². The van der Waals surface area contributed by atoms with Crippen LogP contribution >= 0.6 is 11.8 Å². The standard InChI is InChI=1S/C14H17NO4S/c1-2-8-19-12-5-3-11(4-6-12)14(18)15-7-9-20-10-13(16)17/h2-6H,1,7-10H2,(H,15,18)(H,16,17). The molecule has 0 aliphatic rings. The van der Waals surface area contributed by atoms with E-state index in [4.69, 9.17) is 9.84 Å². The Morgan fingerprint density at radius 3 is 2.65 bits per heavy atom. The number of aliphatic carboxylic acids is 1. The number of amides is 1. The molecule has 1 aromatic rings. The van der Waals surface area contributed by atoms with Crippen molar-refractivity contribution in [2.75, 3.05) is 24.7 Å². The highest BCUT2D eigenvalue weighted by atomic mass is 32.2. The second kappa shape index (κ2) is 9.03. The molecule has 0 aliphatic heterocycles. The molecule has 0 saturated carbocycles. The SMILES string of the molecule is C=CCOc1ccc(C(=O)NCCSCC(=O)O)cc1. The predicted octanol–water partition coefficient (Wildman–Crippen LogP) is 1.80. The zero-order valence-electron chi connectivity index (χ0n) is 11.0. The van der Waals surface area contributed by atoms with E-state index in [1.165, 1.54) is 11.8 Å². The lowest BCUT2D eigenvalue weighted by Gasteiger charge is -2.06. The van der Waals surface area contributed by atoms with E-state index in [1.54, 1.807) is 30.3 Å². The maximum atomic E-state index is 11.8. The third kappa shape index (κ3) is 6.29. The summed E-state index contributed by atoms with van der Waals surface area (Å²) in [4.78, 5) is 22.1. The van der Waals surface area contributed by atoms with Gasteiger partial charge in [0.15, 0.2) is 0 Å². The van der Waals surface area contributed by atoms with Crippen LogP contribution in [0.5, 0.6) is 5.75 Å². The van der Waals surface area contributed by atoms with Gasteiger partial charge in [-0.1, -0.05) is 12.7 Å². The van der Waals surface area contributed by atoms with E-state index in [1.807, 2.05) is 0 Å².